The fourth-order valence-corrected chi connectivity index (χ4v) is 5.22. The highest BCUT2D eigenvalue weighted by Gasteiger charge is 2.22. The van der Waals surface area contributed by atoms with Gasteiger partial charge in [-0.05, 0) is 71.5 Å². The van der Waals surface area contributed by atoms with E-state index in [0.717, 1.165) is 0 Å². The van der Waals surface area contributed by atoms with E-state index in [0.29, 0.717) is 0 Å². The number of benzene rings is 2. The van der Waals surface area contributed by atoms with Gasteiger partial charge in [-0.1, -0.05) is 12.1 Å². The number of nitrogens with zero attached hydrogens (tertiary/aromatic N) is 2. The van der Waals surface area contributed by atoms with Crippen LogP contribution in [0, 0.1) is 0 Å². The summed E-state index contributed by atoms with van der Waals surface area (Å²) in [6, 6.07) is 18.5. The number of anilines is 2. The second kappa shape index (κ2) is 5.79. The van der Waals surface area contributed by atoms with E-state index in [1.165, 1.54) is 60.2 Å². The summed E-state index contributed by atoms with van der Waals surface area (Å²) in [4.78, 5) is 7.94. The van der Waals surface area contributed by atoms with Gasteiger partial charge in [0.05, 0.1) is 0 Å². The molecule has 3 heteroatoms. The molecule has 0 amide bonds. The maximum absolute atomic E-state index is 2.48. The molecule has 0 aliphatic carbocycles. The van der Waals surface area contributed by atoms with Crippen LogP contribution in [0.1, 0.15) is 12.8 Å². The van der Waals surface area contributed by atoms with Crippen molar-refractivity contribution >= 4 is 21.4 Å². The van der Waals surface area contributed by atoms with Crippen molar-refractivity contribution < 1.29 is 0 Å². The Morgan fingerprint density at radius 1 is 0.696 bits per heavy atom. The summed E-state index contributed by atoms with van der Waals surface area (Å²) in [7, 11) is -0.973. The molecule has 0 spiro atoms. The normalized spacial score (nSPS) is 18.3. The summed E-state index contributed by atoms with van der Waals surface area (Å²) in [5.41, 5.74) is 2.79. The average Bonchev–Trinajstić information content (AvgIpc) is 2.44. The van der Waals surface area contributed by atoms with Gasteiger partial charge in [0, 0.05) is 37.6 Å². The van der Waals surface area contributed by atoms with Crippen LogP contribution < -0.4 is 9.80 Å². The van der Waals surface area contributed by atoms with E-state index >= 15 is 0 Å². The molecule has 2 aromatic rings. The van der Waals surface area contributed by atoms with Gasteiger partial charge in [-0.15, -0.1) is 0 Å². The Morgan fingerprint density at radius 2 is 1.13 bits per heavy atom. The highest BCUT2D eigenvalue weighted by molar-refractivity contribution is 8.32. The summed E-state index contributed by atoms with van der Waals surface area (Å²) in [6.45, 7) is 4.85. The highest BCUT2D eigenvalue weighted by atomic mass is 32.3. The molecule has 2 saturated heterocycles. The summed E-state index contributed by atoms with van der Waals surface area (Å²) >= 11 is 0. The van der Waals surface area contributed by atoms with Crippen molar-refractivity contribution in [1.29, 1.82) is 0 Å². The van der Waals surface area contributed by atoms with Gasteiger partial charge in [0.2, 0.25) is 0 Å². The summed E-state index contributed by atoms with van der Waals surface area (Å²) in [5, 5.41) is 0. The van der Waals surface area contributed by atoms with Crippen molar-refractivity contribution in [3.63, 3.8) is 0 Å². The Hall–Kier alpha value is -1.61. The molecule has 0 saturated carbocycles. The molecule has 2 nitrogen and oxygen atoms in total. The molecule has 2 aliphatic heterocycles. The maximum Gasteiger partial charge on any atom is 0.0377 e. The third-order valence-corrected chi connectivity index (χ3v) is 8.12. The zero-order valence-electron chi connectivity index (χ0n) is 14.2. The van der Waals surface area contributed by atoms with Gasteiger partial charge < -0.3 is 9.80 Å². The van der Waals surface area contributed by atoms with E-state index in [2.05, 4.69) is 70.8 Å². The zero-order chi connectivity index (χ0) is 15.9. The van der Waals surface area contributed by atoms with E-state index in [9.17, 15) is 0 Å². The van der Waals surface area contributed by atoms with Gasteiger partial charge in [0.25, 0.3) is 0 Å². The molecule has 0 N–H and O–H groups in total. The van der Waals surface area contributed by atoms with Crippen molar-refractivity contribution in [2.75, 3.05) is 48.5 Å². The Kier molecular flexibility index (Phi) is 3.76. The van der Waals surface area contributed by atoms with E-state index in [-0.39, 0.29) is 0 Å². The second-order valence-electron chi connectivity index (χ2n) is 7.00. The van der Waals surface area contributed by atoms with E-state index in [4.69, 9.17) is 0 Å². The zero-order valence-corrected chi connectivity index (χ0v) is 15.0. The molecule has 0 unspecified atom stereocenters. The minimum absolute atomic E-state index is 0.973. The minimum atomic E-state index is -0.973. The van der Waals surface area contributed by atoms with Gasteiger partial charge in [-0.3, -0.25) is 0 Å². The first-order valence-electron chi connectivity index (χ1n) is 8.58. The van der Waals surface area contributed by atoms with Crippen LogP contribution in [-0.2, 0) is 0 Å². The Labute approximate surface area is 141 Å². The highest BCUT2D eigenvalue weighted by Crippen LogP contribution is 2.57. The molecule has 4 rings (SSSR count). The first-order valence-corrected chi connectivity index (χ1v) is 11.0. The smallest absolute Gasteiger partial charge is 0.0377 e. The number of rotatable bonds is 4. The van der Waals surface area contributed by atoms with Crippen molar-refractivity contribution in [3.05, 3.63) is 48.5 Å². The molecule has 0 radical (unpaired) electrons. The van der Waals surface area contributed by atoms with E-state index < -0.39 is 10.0 Å². The lowest BCUT2D eigenvalue weighted by atomic mass is 10.2. The fourth-order valence-electron chi connectivity index (χ4n) is 3.28. The first-order chi connectivity index (χ1) is 11.1. The lowest BCUT2D eigenvalue weighted by Crippen LogP contribution is -2.37. The third kappa shape index (κ3) is 2.72. The Bertz CT molecular complexity index is 643. The van der Waals surface area contributed by atoms with Crippen LogP contribution in [0.15, 0.2) is 58.3 Å². The molecule has 23 heavy (non-hydrogen) atoms. The van der Waals surface area contributed by atoms with Gasteiger partial charge in [0.1, 0.15) is 0 Å². The fraction of sp³-hybridized carbons (Fsp3) is 0.400. The van der Waals surface area contributed by atoms with Crippen LogP contribution in [0.3, 0.4) is 0 Å². The largest absolute Gasteiger partial charge is 0.371 e. The van der Waals surface area contributed by atoms with Crippen molar-refractivity contribution in [1.82, 2.24) is 0 Å². The Balaban J connectivity index is 1.66. The average molecular weight is 327 g/mol. The number of hydrogen-bond acceptors (Lipinski definition) is 2. The van der Waals surface area contributed by atoms with Crippen molar-refractivity contribution in [2.24, 2.45) is 0 Å². The van der Waals surface area contributed by atoms with Crippen molar-refractivity contribution in [3.8, 4) is 0 Å². The SMILES string of the molecule is CS(C)(c1cccc(N2CCC2)c1)c1cccc(N2CCC2)c1. The van der Waals surface area contributed by atoms with Gasteiger partial charge in [-0.2, -0.15) is 10.0 Å². The first kappa shape index (κ1) is 14.9. The lowest BCUT2D eigenvalue weighted by Gasteiger charge is -2.38. The van der Waals surface area contributed by atoms with E-state index in [1.54, 1.807) is 0 Å². The molecule has 2 aliphatic rings. The number of hydrogen-bond donors (Lipinski definition) is 0. The third-order valence-electron chi connectivity index (χ3n) is 5.26. The quantitative estimate of drug-likeness (QED) is 0.811. The summed E-state index contributed by atoms with van der Waals surface area (Å²) in [6.07, 6.45) is 7.52. The molecule has 2 fully saturated rings. The van der Waals surface area contributed by atoms with Gasteiger partial charge >= 0.3 is 0 Å². The van der Waals surface area contributed by atoms with Crippen LogP contribution in [-0.4, -0.2) is 38.7 Å². The molecule has 2 aromatic carbocycles. The van der Waals surface area contributed by atoms with Crippen LogP contribution in [0.2, 0.25) is 0 Å². The van der Waals surface area contributed by atoms with Crippen LogP contribution in [0.5, 0.6) is 0 Å². The summed E-state index contributed by atoms with van der Waals surface area (Å²) < 4.78 is 0. The molecule has 0 aromatic heterocycles. The van der Waals surface area contributed by atoms with Crippen LogP contribution >= 0.6 is 10.0 Å². The second-order valence-corrected chi connectivity index (χ2v) is 10.6. The minimum Gasteiger partial charge on any atom is -0.371 e. The monoisotopic (exact) mass is 326 g/mol. The summed E-state index contributed by atoms with van der Waals surface area (Å²) in [5.74, 6) is 0. The topological polar surface area (TPSA) is 6.48 Å². The van der Waals surface area contributed by atoms with E-state index in [1.807, 2.05) is 0 Å². The Morgan fingerprint density at radius 3 is 1.48 bits per heavy atom. The maximum atomic E-state index is 2.48. The van der Waals surface area contributed by atoms with Gasteiger partial charge in [-0.25, -0.2) is 0 Å². The van der Waals surface area contributed by atoms with Crippen LogP contribution in [0.25, 0.3) is 0 Å². The standard InChI is InChI=1S/C20H26N2S/c1-23(2,19-9-3-7-17(15-19)21-11-5-12-21)20-10-4-8-18(16-20)22-13-6-14-22/h3-4,7-10,15-16H,5-6,11-14H2,1-2H3. The molecular formula is C20H26N2S. The predicted octanol–water partition coefficient (Wildman–Crippen LogP) is 4.59. The van der Waals surface area contributed by atoms with Crippen LogP contribution in [0.4, 0.5) is 11.4 Å². The van der Waals surface area contributed by atoms with Crippen molar-refractivity contribution in [2.45, 2.75) is 22.6 Å². The molecule has 122 valence electrons. The molecule has 2 heterocycles. The molecule has 0 bridgehead atoms. The molecule has 0 atom stereocenters. The van der Waals surface area contributed by atoms with Gasteiger partial charge in [0.15, 0.2) is 0 Å². The predicted molar refractivity (Wildman–Crippen MR) is 103 cm³/mol. The molecular weight excluding hydrogens is 300 g/mol. The lowest BCUT2D eigenvalue weighted by molar-refractivity contribution is 0.617.